The Kier molecular flexibility index (Phi) is 7.33. The van der Waals surface area contributed by atoms with Gasteiger partial charge in [0.15, 0.2) is 5.96 Å². The second-order valence-electron chi connectivity index (χ2n) is 9.44. The maximum atomic E-state index is 6.08. The molecule has 2 saturated carbocycles. The van der Waals surface area contributed by atoms with Gasteiger partial charge in [0.2, 0.25) is 0 Å². The summed E-state index contributed by atoms with van der Waals surface area (Å²) in [6, 6.07) is 9.40. The van der Waals surface area contributed by atoms with E-state index in [0.717, 1.165) is 38.0 Å². The van der Waals surface area contributed by atoms with E-state index in [4.69, 9.17) is 9.47 Å². The van der Waals surface area contributed by atoms with E-state index in [-0.39, 0.29) is 24.0 Å². The molecule has 4 aliphatic rings. The van der Waals surface area contributed by atoms with E-state index in [0.29, 0.717) is 29.5 Å². The smallest absolute Gasteiger partial charge is 0.191 e. The summed E-state index contributed by atoms with van der Waals surface area (Å²) >= 11 is 0. The van der Waals surface area contributed by atoms with Crippen LogP contribution in [-0.2, 0) is 4.74 Å². The first kappa shape index (κ1) is 23.1. The molecule has 0 aromatic heterocycles. The van der Waals surface area contributed by atoms with E-state index >= 15 is 0 Å². The van der Waals surface area contributed by atoms with Crippen LogP contribution < -0.4 is 15.4 Å². The fourth-order valence-corrected chi connectivity index (χ4v) is 6.33. The van der Waals surface area contributed by atoms with Gasteiger partial charge in [-0.05, 0) is 62.9 Å². The highest BCUT2D eigenvalue weighted by Crippen LogP contribution is 2.62. The summed E-state index contributed by atoms with van der Waals surface area (Å²) in [4.78, 5) is 7.18. The van der Waals surface area contributed by atoms with Gasteiger partial charge in [-0.3, -0.25) is 9.89 Å². The molecule has 4 atom stereocenters. The highest BCUT2D eigenvalue weighted by Gasteiger charge is 2.66. The van der Waals surface area contributed by atoms with E-state index in [1.807, 2.05) is 7.05 Å². The molecule has 0 radical (unpaired) electrons. The van der Waals surface area contributed by atoms with Gasteiger partial charge in [-0.25, -0.2) is 0 Å². The number of hydrogen-bond donors (Lipinski definition) is 2. The number of fused-ring (bicyclic) bond motifs is 2. The number of guanidine groups is 1. The van der Waals surface area contributed by atoms with Crippen molar-refractivity contribution in [1.82, 2.24) is 15.5 Å². The summed E-state index contributed by atoms with van der Waals surface area (Å²) < 4.78 is 11.4. The molecule has 2 aliphatic heterocycles. The van der Waals surface area contributed by atoms with Crippen molar-refractivity contribution in [1.29, 1.82) is 0 Å². The number of benzene rings is 1. The van der Waals surface area contributed by atoms with E-state index in [1.165, 1.54) is 44.1 Å². The molecular formula is C24H37IN4O2. The van der Waals surface area contributed by atoms with Crippen LogP contribution in [0.4, 0.5) is 0 Å². The zero-order valence-electron chi connectivity index (χ0n) is 18.8. The third-order valence-corrected chi connectivity index (χ3v) is 8.10. The summed E-state index contributed by atoms with van der Waals surface area (Å²) in [5.41, 5.74) is 1.70. The first-order chi connectivity index (χ1) is 14.7. The molecule has 1 aromatic rings. The van der Waals surface area contributed by atoms with Crippen molar-refractivity contribution in [3.05, 3.63) is 29.8 Å². The molecule has 172 valence electrons. The van der Waals surface area contributed by atoms with Crippen LogP contribution in [0.3, 0.4) is 0 Å². The zero-order valence-corrected chi connectivity index (χ0v) is 21.1. The molecule has 4 fully saturated rings. The summed E-state index contributed by atoms with van der Waals surface area (Å²) in [7, 11) is 3.61. The Morgan fingerprint density at radius 2 is 1.97 bits per heavy atom. The van der Waals surface area contributed by atoms with E-state index in [1.54, 1.807) is 7.11 Å². The number of likely N-dealkylation sites (tertiary alicyclic amines) is 1. The number of nitrogens with zero attached hydrogens (tertiary/aromatic N) is 2. The summed E-state index contributed by atoms with van der Waals surface area (Å²) in [6.45, 7) is 4.11. The normalized spacial score (nSPS) is 30.0. The van der Waals surface area contributed by atoms with E-state index < -0.39 is 0 Å². The van der Waals surface area contributed by atoms with Crippen molar-refractivity contribution >= 4 is 29.9 Å². The van der Waals surface area contributed by atoms with Crippen LogP contribution in [-0.4, -0.2) is 63.4 Å². The van der Waals surface area contributed by atoms with Crippen LogP contribution in [0.15, 0.2) is 29.3 Å². The van der Waals surface area contributed by atoms with Gasteiger partial charge in [-0.2, -0.15) is 0 Å². The number of rotatable bonds is 6. The second kappa shape index (κ2) is 9.83. The van der Waals surface area contributed by atoms with Crippen LogP contribution in [0, 0.1) is 11.3 Å². The molecular weight excluding hydrogens is 503 g/mol. The standard InChI is InChI=1S/C24H36N4O2.HI/c1-25-23(27-21-19-10-15-30-22(19)24(21)11-5-12-24)26-16-20(28-13-3-4-14-28)17-6-8-18(29-2)9-7-17;/h6-9,19-22H,3-5,10-16H2,1-2H3,(H2,25,26,27);1H. The maximum absolute atomic E-state index is 6.08. The SMILES string of the molecule is CN=C(NCC(c1ccc(OC)cc1)N1CCCC1)NC1C2CCOC2C12CCC2.I. The molecule has 0 bridgehead atoms. The van der Waals surface area contributed by atoms with Crippen molar-refractivity contribution < 1.29 is 9.47 Å². The number of halogens is 1. The molecule has 0 amide bonds. The molecule has 2 heterocycles. The van der Waals surface area contributed by atoms with Crippen LogP contribution in [0.5, 0.6) is 5.75 Å². The lowest BCUT2D eigenvalue weighted by atomic mass is 9.46. The van der Waals surface area contributed by atoms with Crippen LogP contribution in [0.2, 0.25) is 0 Å². The van der Waals surface area contributed by atoms with Crippen molar-refractivity contribution in [3.8, 4) is 5.75 Å². The summed E-state index contributed by atoms with van der Waals surface area (Å²) in [5.74, 6) is 2.50. The Bertz CT molecular complexity index is 761. The van der Waals surface area contributed by atoms with Gasteiger partial charge in [0.05, 0.1) is 19.3 Å². The third kappa shape index (κ3) is 4.17. The van der Waals surface area contributed by atoms with Gasteiger partial charge >= 0.3 is 0 Å². The van der Waals surface area contributed by atoms with E-state index in [9.17, 15) is 0 Å². The Hall–Kier alpha value is -1.06. The molecule has 7 heteroatoms. The highest BCUT2D eigenvalue weighted by molar-refractivity contribution is 14.0. The predicted octanol–water partition coefficient (Wildman–Crippen LogP) is 3.57. The highest BCUT2D eigenvalue weighted by atomic mass is 127. The Balaban J connectivity index is 0.00000231. The van der Waals surface area contributed by atoms with Crippen molar-refractivity contribution in [2.75, 3.05) is 40.4 Å². The average molecular weight is 540 g/mol. The fraction of sp³-hybridized carbons (Fsp3) is 0.708. The molecule has 2 aliphatic carbocycles. The molecule has 5 rings (SSSR count). The van der Waals surface area contributed by atoms with Gasteiger partial charge in [-0.1, -0.05) is 18.6 Å². The molecule has 31 heavy (non-hydrogen) atoms. The Morgan fingerprint density at radius 1 is 1.23 bits per heavy atom. The fourth-order valence-electron chi connectivity index (χ4n) is 6.33. The lowest BCUT2D eigenvalue weighted by molar-refractivity contribution is -0.171. The summed E-state index contributed by atoms with van der Waals surface area (Å²) in [6.07, 6.45) is 8.17. The predicted molar refractivity (Wildman–Crippen MR) is 134 cm³/mol. The van der Waals surface area contributed by atoms with E-state index in [2.05, 4.69) is 44.8 Å². The first-order valence-electron chi connectivity index (χ1n) is 11.7. The Labute approximate surface area is 203 Å². The maximum Gasteiger partial charge on any atom is 0.191 e. The van der Waals surface area contributed by atoms with Crippen molar-refractivity contribution in [2.45, 2.75) is 56.7 Å². The lowest BCUT2D eigenvalue weighted by Gasteiger charge is -2.63. The number of ether oxygens (including phenoxy) is 2. The minimum atomic E-state index is 0. The Morgan fingerprint density at radius 3 is 2.58 bits per heavy atom. The number of methoxy groups -OCH3 is 1. The summed E-state index contributed by atoms with van der Waals surface area (Å²) in [5, 5.41) is 7.47. The molecule has 6 nitrogen and oxygen atoms in total. The van der Waals surface area contributed by atoms with Gasteiger partial charge in [0, 0.05) is 37.6 Å². The van der Waals surface area contributed by atoms with Gasteiger partial charge in [0.25, 0.3) is 0 Å². The number of nitrogens with one attached hydrogen (secondary N) is 2. The largest absolute Gasteiger partial charge is 0.497 e. The first-order valence-corrected chi connectivity index (χ1v) is 11.7. The lowest BCUT2D eigenvalue weighted by Crippen LogP contribution is -2.72. The monoisotopic (exact) mass is 540 g/mol. The minimum Gasteiger partial charge on any atom is -0.497 e. The number of hydrogen-bond acceptors (Lipinski definition) is 4. The van der Waals surface area contributed by atoms with Crippen LogP contribution >= 0.6 is 24.0 Å². The van der Waals surface area contributed by atoms with Gasteiger partial charge in [0.1, 0.15) is 5.75 Å². The average Bonchev–Trinajstić information content (AvgIpc) is 3.41. The second-order valence-corrected chi connectivity index (χ2v) is 9.44. The zero-order chi connectivity index (χ0) is 20.6. The topological polar surface area (TPSA) is 58.1 Å². The molecule has 2 N–H and O–H groups in total. The van der Waals surface area contributed by atoms with Gasteiger partial charge in [-0.15, -0.1) is 24.0 Å². The molecule has 1 aromatic carbocycles. The molecule has 2 saturated heterocycles. The third-order valence-electron chi connectivity index (χ3n) is 8.10. The quantitative estimate of drug-likeness (QED) is 0.329. The molecule has 4 unspecified atom stereocenters. The van der Waals surface area contributed by atoms with Crippen LogP contribution in [0.25, 0.3) is 0 Å². The minimum absolute atomic E-state index is 0. The van der Waals surface area contributed by atoms with Crippen molar-refractivity contribution in [3.63, 3.8) is 0 Å². The van der Waals surface area contributed by atoms with Crippen molar-refractivity contribution in [2.24, 2.45) is 16.3 Å². The molecule has 1 spiro atoms. The van der Waals surface area contributed by atoms with Gasteiger partial charge < -0.3 is 20.1 Å². The van der Waals surface area contributed by atoms with Crippen LogP contribution in [0.1, 0.15) is 50.1 Å². The number of aliphatic imine (C=N–C) groups is 1.